The van der Waals surface area contributed by atoms with Crippen molar-refractivity contribution in [3.63, 3.8) is 0 Å². The van der Waals surface area contributed by atoms with Gasteiger partial charge >= 0.3 is 5.97 Å². The molecule has 20 heavy (non-hydrogen) atoms. The Morgan fingerprint density at radius 1 is 1.30 bits per heavy atom. The van der Waals surface area contributed by atoms with Gasteiger partial charge in [-0.1, -0.05) is 0 Å². The summed E-state index contributed by atoms with van der Waals surface area (Å²) in [6.45, 7) is 1.87. The summed E-state index contributed by atoms with van der Waals surface area (Å²) in [5, 5.41) is 3.07. The van der Waals surface area contributed by atoms with E-state index in [0.29, 0.717) is 24.9 Å². The van der Waals surface area contributed by atoms with Crippen LogP contribution in [0.15, 0.2) is 12.1 Å². The van der Waals surface area contributed by atoms with Crippen LogP contribution in [0.5, 0.6) is 0 Å². The molecule has 1 N–H and O–H groups in total. The van der Waals surface area contributed by atoms with Crippen LogP contribution in [0.1, 0.15) is 31.4 Å². The van der Waals surface area contributed by atoms with Crippen LogP contribution in [0.25, 0.3) is 0 Å². The molecule has 1 aliphatic rings. The fraction of sp³-hybridized carbons (Fsp3) is 0.462. The molecule has 1 heterocycles. The molecule has 3 nitrogen and oxygen atoms in total. The third-order valence-electron chi connectivity index (χ3n) is 3.10. The van der Waals surface area contributed by atoms with E-state index in [0.717, 1.165) is 12.1 Å². The van der Waals surface area contributed by atoms with Crippen LogP contribution >= 0.6 is 12.4 Å². The van der Waals surface area contributed by atoms with E-state index >= 15 is 0 Å². The van der Waals surface area contributed by atoms with E-state index in [4.69, 9.17) is 4.74 Å². The van der Waals surface area contributed by atoms with Crippen molar-refractivity contribution in [2.45, 2.75) is 31.9 Å². The van der Waals surface area contributed by atoms with Gasteiger partial charge in [-0.2, -0.15) is 0 Å². The third kappa shape index (κ3) is 3.86. The van der Waals surface area contributed by atoms with Gasteiger partial charge in [-0.25, -0.2) is 13.2 Å². The van der Waals surface area contributed by atoms with Gasteiger partial charge in [0.25, 0.3) is 0 Å². The van der Waals surface area contributed by atoms with Crippen molar-refractivity contribution in [2.24, 2.45) is 0 Å². The molecule has 0 saturated carbocycles. The SMILES string of the molecule is CC(=O)OC1CCNC(c2cc(F)c(F)c(F)c2)C1.Cl. The lowest BCUT2D eigenvalue weighted by Gasteiger charge is -2.30. The highest BCUT2D eigenvalue weighted by Gasteiger charge is 2.26. The predicted molar refractivity (Wildman–Crippen MR) is 69.1 cm³/mol. The quantitative estimate of drug-likeness (QED) is 0.674. The molecule has 1 aromatic carbocycles. The molecule has 7 heteroatoms. The average Bonchev–Trinajstić information content (AvgIpc) is 2.35. The van der Waals surface area contributed by atoms with Crippen molar-refractivity contribution in [3.05, 3.63) is 35.1 Å². The second kappa shape index (κ2) is 6.95. The molecule has 1 fully saturated rings. The van der Waals surface area contributed by atoms with Crippen LogP contribution in [-0.4, -0.2) is 18.6 Å². The molecule has 112 valence electrons. The first-order chi connectivity index (χ1) is 8.97. The van der Waals surface area contributed by atoms with Gasteiger partial charge in [-0.3, -0.25) is 4.79 Å². The Hall–Kier alpha value is -1.27. The van der Waals surface area contributed by atoms with Gasteiger partial charge < -0.3 is 10.1 Å². The van der Waals surface area contributed by atoms with E-state index in [2.05, 4.69) is 5.32 Å². The fourth-order valence-electron chi connectivity index (χ4n) is 2.25. The average molecular weight is 310 g/mol. The maximum absolute atomic E-state index is 13.2. The number of rotatable bonds is 2. The molecule has 0 aromatic heterocycles. The minimum atomic E-state index is -1.48. The number of carbonyl (C=O) groups excluding carboxylic acids is 1. The zero-order chi connectivity index (χ0) is 14.0. The van der Waals surface area contributed by atoms with Gasteiger partial charge in [0.05, 0.1) is 0 Å². The number of benzene rings is 1. The van der Waals surface area contributed by atoms with Crippen molar-refractivity contribution in [1.82, 2.24) is 5.32 Å². The molecular weight excluding hydrogens is 295 g/mol. The first kappa shape index (κ1) is 16.8. The highest BCUT2D eigenvalue weighted by Crippen LogP contribution is 2.27. The Kier molecular flexibility index (Phi) is 5.83. The molecule has 2 rings (SSSR count). The Morgan fingerprint density at radius 3 is 2.45 bits per heavy atom. The number of esters is 1. The molecule has 1 aromatic rings. The summed E-state index contributed by atoms with van der Waals surface area (Å²) in [6.07, 6.45) is 0.756. The summed E-state index contributed by atoms with van der Waals surface area (Å²) in [5.74, 6) is -4.30. The van der Waals surface area contributed by atoms with E-state index in [1.54, 1.807) is 0 Å². The summed E-state index contributed by atoms with van der Waals surface area (Å²) in [4.78, 5) is 10.9. The monoisotopic (exact) mass is 309 g/mol. The first-order valence-corrected chi connectivity index (χ1v) is 6.02. The second-order valence-electron chi connectivity index (χ2n) is 4.56. The number of nitrogens with one attached hydrogen (secondary N) is 1. The third-order valence-corrected chi connectivity index (χ3v) is 3.10. The maximum Gasteiger partial charge on any atom is 0.302 e. The summed E-state index contributed by atoms with van der Waals surface area (Å²) >= 11 is 0. The van der Waals surface area contributed by atoms with Crippen molar-refractivity contribution in [3.8, 4) is 0 Å². The van der Waals surface area contributed by atoms with Crippen molar-refractivity contribution in [1.29, 1.82) is 0 Å². The molecule has 1 aliphatic heterocycles. The lowest BCUT2D eigenvalue weighted by atomic mass is 9.95. The molecule has 0 amide bonds. The Balaban J connectivity index is 0.00000200. The summed E-state index contributed by atoms with van der Waals surface area (Å²) in [6, 6.07) is 1.57. The number of carbonyl (C=O) groups is 1. The number of hydrogen-bond acceptors (Lipinski definition) is 3. The molecular formula is C13H15ClF3NO2. The lowest BCUT2D eigenvalue weighted by molar-refractivity contribution is -0.147. The second-order valence-corrected chi connectivity index (χ2v) is 4.56. The van der Waals surface area contributed by atoms with Crippen LogP contribution in [0.4, 0.5) is 13.2 Å². The number of ether oxygens (including phenoxy) is 1. The van der Waals surface area contributed by atoms with Crippen molar-refractivity contribution >= 4 is 18.4 Å². The van der Waals surface area contributed by atoms with E-state index in [1.807, 2.05) is 0 Å². The van der Waals surface area contributed by atoms with Gasteiger partial charge in [0.15, 0.2) is 17.5 Å². The van der Waals surface area contributed by atoms with E-state index in [-0.39, 0.29) is 30.5 Å². The van der Waals surface area contributed by atoms with Crippen LogP contribution in [0, 0.1) is 17.5 Å². The number of piperidine rings is 1. The molecule has 0 spiro atoms. The van der Waals surface area contributed by atoms with Gasteiger partial charge in [0, 0.05) is 19.4 Å². The van der Waals surface area contributed by atoms with Crippen LogP contribution in [0.3, 0.4) is 0 Å². The minimum Gasteiger partial charge on any atom is -0.462 e. The van der Waals surface area contributed by atoms with E-state index in [1.165, 1.54) is 6.92 Å². The molecule has 2 atom stereocenters. The van der Waals surface area contributed by atoms with E-state index in [9.17, 15) is 18.0 Å². The zero-order valence-electron chi connectivity index (χ0n) is 10.8. The Bertz CT molecular complexity index is 475. The highest BCUT2D eigenvalue weighted by atomic mass is 35.5. The van der Waals surface area contributed by atoms with E-state index < -0.39 is 17.5 Å². The summed E-state index contributed by atoms with van der Waals surface area (Å²) < 4.78 is 44.3. The van der Waals surface area contributed by atoms with Gasteiger partial charge in [0.2, 0.25) is 0 Å². The molecule has 1 saturated heterocycles. The topological polar surface area (TPSA) is 38.3 Å². The number of hydrogen-bond donors (Lipinski definition) is 1. The highest BCUT2D eigenvalue weighted by molar-refractivity contribution is 5.85. The minimum absolute atomic E-state index is 0. The van der Waals surface area contributed by atoms with Gasteiger partial charge in [-0.15, -0.1) is 12.4 Å². The molecule has 0 aliphatic carbocycles. The summed E-state index contributed by atoms with van der Waals surface area (Å²) in [5.41, 5.74) is 0.313. The molecule has 0 bridgehead atoms. The van der Waals surface area contributed by atoms with Crippen molar-refractivity contribution < 1.29 is 22.7 Å². The molecule has 0 radical (unpaired) electrons. The first-order valence-electron chi connectivity index (χ1n) is 6.02. The molecule has 2 unspecified atom stereocenters. The Morgan fingerprint density at radius 2 is 1.90 bits per heavy atom. The van der Waals surface area contributed by atoms with Crippen LogP contribution in [-0.2, 0) is 9.53 Å². The number of halogens is 4. The largest absolute Gasteiger partial charge is 0.462 e. The smallest absolute Gasteiger partial charge is 0.302 e. The lowest BCUT2D eigenvalue weighted by Crippen LogP contribution is -2.36. The standard InChI is InChI=1S/C13H14F3NO2.ClH/c1-7(18)19-9-2-3-17-12(6-9)8-4-10(14)13(16)11(15)5-8;/h4-5,9,12,17H,2-3,6H2,1H3;1H. The van der Waals surface area contributed by atoms with Crippen molar-refractivity contribution in [2.75, 3.05) is 6.54 Å². The van der Waals surface area contributed by atoms with Gasteiger partial charge in [-0.05, 0) is 30.7 Å². The zero-order valence-corrected chi connectivity index (χ0v) is 11.6. The fourth-order valence-corrected chi connectivity index (χ4v) is 2.25. The summed E-state index contributed by atoms with van der Waals surface area (Å²) in [7, 11) is 0. The normalized spacial score (nSPS) is 22.0. The van der Waals surface area contributed by atoms with Gasteiger partial charge in [0.1, 0.15) is 6.10 Å². The Labute approximate surface area is 120 Å². The maximum atomic E-state index is 13.2. The van der Waals surface area contributed by atoms with Crippen LogP contribution < -0.4 is 5.32 Å². The van der Waals surface area contributed by atoms with Crippen LogP contribution in [0.2, 0.25) is 0 Å². The predicted octanol–water partition coefficient (Wildman–Crippen LogP) is 2.88.